The lowest BCUT2D eigenvalue weighted by atomic mass is 9.70. The molecular formula is C20H26N4OS. The van der Waals surface area contributed by atoms with Crippen LogP contribution < -0.4 is 10.2 Å². The van der Waals surface area contributed by atoms with Gasteiger partial charge < -0.3 is 15.1 Å². The summed E-state index contributed by atoms with van der Waals surface area (Å²) in [5.41, 5.74) is -0.154. The van der Waals surface area contributed by atoms with Gasteiger partial charge in [-0.2, -0.15) is 4.37 Å². The van der Waals surface area contributed by atoms with Crippen LogP contribution in [0.4, 0.5) is 5.82 Å². The first-order valence-corrected chi connectivity index (χ1v) is 10.6. The van der Waals surface area contributed by atoms with Crippen LogP contribution in [0.3, 0.4) is 0 Å². The fourth-order valence-corrected chi connectivity index (χ4v) is 6.11. The van der Waals surface area contributed by atoms with Gasteiger partial charge in [0.2, 0.25) is 5.91 Å². The summed E-state index contributed by atoms with van der Waals surface area (Å²) in [4.78, 5) is 17.9. The molecule has 6 heteroatoms. The second-order valence-electron chi connectivity index (χ2n) is 7.99. The first kappa shape index (κ1) is 16.5. The highest BCUT2D eigenvalue weighted by Gasteiger charge is 2.55. The van der Waals surface area contributed by atoms with Crippen LogP contribution in [0.25, 0.3) is 10.1 Å². The number of hydrogen-bond acceptors (Lipinski definition) is 5. The van der Waals surface area contributed by atoms with Gasteiger partial charge >= 0.3 is 0 Å². The van der Waals surface area contributed by atoms with Crippen LogP contribution in [0.15, 0.2) is 24.3 Å². The van der Waals surface area contributed by atoms with Crippen molar-refractivity contribution in [3.63, 3.8) is 0 Å². The summed E-state index contributed by atoms with van der Waals surface area (Å²) < 4.78 is 5.92. The van der Waals surface area contributed by atoms with E-state index in [4.69, 9.17) is 0 Å². The Bertz CT molecular complexity index is 828. The molecule has 0 unspecified atom stereocenters. The van der Waals surface area contributed by atoms with Crippen molar-refractivity contribution >= 4 is 33.3 Å². The minimum absolute atomic E-state index is 0.154. The standard InChI is InChI=1S/C20H26N4OS/c1-2-20(13-14-7-8-17(20)21-14)19(25)24-11-9-23(10-12-24)18-15-5-3-4-6-16(15)26-22-18/h3-6,14,17,21H,2,7-13H2,1H3/t14-,17+,20+/m0/s1. The molecule has 3 saturated heterocycles. The van der Waals surface area contributed by atoms with Crippen LogP contribution in [-0.2, 0) is 4.79 Å². The van der Waals surface area contributed by atoms with E-state index in [9.17, 15) is 4.79 Å². The third kappa shape index (κ3) is 2.38. The van der Waals surface area contributed by atoms with Crippen molar-refractivity contribution in [1.82, 2.24) is 14.6 Å². The average Bonchev–Trinajstić information content (AvgIpc) is 3.42. The molecule has 1 N–H and O–H groups in total. The molecule has 0 saturated carbocycles. The third-order valence-corrected chi connectivity index (χ3v) is 7.62. The lowest BCUT2D eigenvalue weighted by Crippen LogP contribution is -2.56. The number of nitrogens with zero attached hydrogens (tertiary/aromatic N) is 3. The lowest BCUT2D eigenvalue weighted by molar-refractivity contribution is -0.144. The molecule has 1 aromatic carbocycles. The molecule has 1 amide bonds. The summed E-state index contributed by atoms with van der Waals surface area (Å²) in [6.45, 7) is 5.56. The first-order valence-electron chi connectivity index (χ1n) is 9.86. The third-order valence-electron chi connectivity index (χ3n) is 6.80. The number of aromatic nitrogens is 1. The maximum Gasteiger partial charge on any atom is 0.230 e. The van der Waals surface area contributed by atoms with Crippen LogP contribution >= 0.6 is 11.5 Å². The number of amides is 1. The van der Waals surface area contributed by atoms with Gasteiger partial charge in [-0.1, -0.05) is 19.1 Å². The van der Waals surface area contributed by atoms with Gasteiger partial charge in [-0.05, 0) is 49.3 Å². The molecule has 4 heterocycles. The van der Waals surface area contributed by atoms with Gasteiger partial charge in [-0.3, -0.25) is 4.79 Å². The van der Waals surface area contributed by atoms with Crippen LogP contribution in [-0.4, -0.2) is 53.4 Å². The number of rotatable bonds is 3. The molecule has 3 fully saturated rings. The second kappa shape index (κ2) is 6.20. The molecule has 3 aliphatic rings. The largest absolute Gasteiger partial charge is 0.352 e. The van der Waals surface area contributed by atoms with E-state index in [2.05, 4.69) is 50.7 Å². The highest BCUT2D eigenvalue weighted by molar-refractivity contribution is 7.13. The minimum Gasteiger partial charge on any atom is -0.352 e. The second-order valence-corrected chi connectivity index (χ2v) is 8.79. The minimum atomic E-state index is -0.154. The summed E-state index contributed by atoms with van der Waals surface area (Å²) in [5, 5.41) is 4.91. The molecule has 0 radical (unpaired) electrons. The van der Waals surface area contributed by atoms with E-state index in [-0.39, 0.29) is 5.41 Å². The summed E-state index contributed by atoms with van der Waals surface area (Å²) in [7, 11) is 0. The van der Waals surface area contributed by atoms with Gasteiger partial charge in [0.05, 0.1) is 10.1 Å². The number of piperazine rings is 1. The Balaban J connectivity index is 1.30. The number of hydrogen-bond donors (Lipinski definition) is 1. The topological polar surface area (TPSA) is 48.5 Å². The van der Waals surface area contributed by atoms with Crippen molar-refractivity contribution in [3.05, 3.63) is 24.3 Å². The number of anilines is 1. The van der Waals surface area contributed by atoms with Crippen LogP contribution in [0.2, 0.25) is 0 Å². The number of carbonyl (C=O) groups excluding carboxylic acids is 1. The van der Waals surface area contributed by atoms with Crippen molar-refractivity contribution < 1.29 is 4.79 Å². The van der Waals surface area contributed by atoms with Gasteiger partial charge in [0.1, 0.15) is 5.82 Å². The fraction of sp³-hybridized carbons (Fsp3) is 0.600. The van der Waals surface area contributed by atoms with E-state index in [0.717, 1.165) is 51.3 Å². The number of carbonyl (C=O) groups is 1. The highest BCUT2D eigenvalue weighted by atomic mass is 32.1. The molecular weight excluding hydrogens is 344 g/mol. The lowest BCUT2D eigenvalue weighted by Gasteiger charge is -2.42. The summed E-state index contributed by atoms with van der Waals surface area (Å²) >= 11 is 1.57. The summed E-state index contributed by atoms with van der Waals surface area (Å²) in [6, 6.07) is 9.38. The molecule has 2 aromatic rings. The molecule has 1 aromatic heterocycles. The Labute approximate surface area is 158 Å². The van der Waals surface area contributed by atoms with Crippen molar-refractivity contribution in [2.24, 2.45) is 5.41 Å². The van der Waals surface area contributed by atoms with E-state index in [0.29, 0.717) is 18.0 Å². The number of nitrogens with one attached hydrogen (secondary N) is 1. The van der Waals surface area contributed by atoms with Gasteiger partial charge in [-0.15, -0.1) is 0 Å². The molecule has 2 bridgehead atoms. The predicted molar refractivity (Wildman–Crippen MR) is 106 cm³/mol. The van der Waals surface area contributed by atoms with E-state index >= 15 is 0 Å². The van der Waals surface area contributed by atoms with Crippen LogP contribution in [0, 0.1) is 5.41 Å². The Kier molecular flexibility index (Phi) is 3.94. The fourth-order valence-electron chi connectivity index (χ4n) is 5.31. The zero-order chi connectivity index (χ0) is 17.7. The Morgan fingerprint density at radius 2 is 2.08 bits per heavy atom. The van der Waals surface area contributed by atoms with Gasteiger partial charge in [0, 0.05) is 43.6 Å². The van der Waals surface area contributed by atoms with Crippen molar-refractivity contribution in [1.29, 1.82) is 0 Å². The van der Waals surface area contributed by atoms with Gasteiger partial charge in [-0.25, -0.2) is 0 Å². The Hall–Kier alpha value is -1.66. The molecule has 3 atom stereocenters. The van der Waals surface area contributed by atoms with E-state index in [1.807, 2.05) is 0 Å². The summed E-state index contributed by atoms with van der Waals surface area (Å²) in [5.74, 6) is 1.48. The average molecular weight is 371 g/mol. The quantitative estimate of drug-likeness (QED) is 0.903. The number of benzene rings is 1. The highest BCUT2D eigenvalue weighted by Crippen LogP contribution is 2.47. The van der Waals surface area contributed by atoms with E-state index in [1.54, 1.807) is 11.5 Å². The molecule has 0 aliphatic carbocycles. The molecule has 0 spiro atoms. The zero-order valence-electron chi connectivity index (χ0n) is 15.3. The Morgan fingerprint density at radius 1 is 1.27 bits per heavy atom. The Morgan fingerprint density at radius 3 is 2.77 bits per heavy atom. The predicted octanol–water partition coefficient (Wildman–Crippen LogP) is 2.87. The monoisotopic (exact) mass is 370 g/mol. The molecule has 5 rings (SSSR count). The zero-order valence-corrected chi connectivity index (χ0v) is 16.1. The maximum atomic E-state index is 13.4. The van der Waals surface area contributed by atoms with Gasteiger partial charge in [0.15, 0.2) is 0 Å². The number of fused-ring (bicyclic) bond motifs is 3. The maximum absolute atomic E-state index is 13.4. The van der Waals surface area contributed by atoms with Gasteiger partial charge in [0.25, 0.3) is 0 Å². The van der Waals surface area contributed by atoms with Crippen LogP contribution in [0.1, 0.15) is 32.6 Å². The van der Waals surface area contributed by atoms with E-state index < -0.39 is 0 Å². The van der Waals surface area contributed by atoms with E-state index in [1.165, 1.54) is 16.5 Å². The normalized spacial score (nSPS) is 31.1. The smallest absolute Gasteiger partial charge is 0.230 e. The first-order chi connectivity index (χ1) is 12.7. The van der Waals surface area contributed by atoms with Crippen molar-refractivity contribution in [2.45, 2.75) is 44.7 Å². The molecule has 3 aliphatic heterocycles. The molecule has 26 heavy (non-hydrogen) atoms. The molecule has 138 valence electrons. The van der Waals surface area contributed by atoms with Crippen molar-refractivity contribution in [3.8, 4) is 0 Å². The summed E-state index contributed by atoms with van der Waals surface area (Å²) in [6.07, 6.45) is 4.39. The molecule has 5 nitrogen and oxygen atoms in total. The SMILES string of the molecule is CC[C@@]1(C(=O)N2CCN(c3nsc4ccccc34)CC2)C[C@@H]2CC[C@H]1N2. The van der Waals surface area contributed by atoms with Crippen molar-refractivity contribution in [2.75, 3.05) is 31.1 Å². The van der Waals surface area contributed by atoms with Crippen LogP contribution in [0.5, 0.6) is 0 Å².